The predicted molar refractivity (Wildman–Crippen MR) is 99.4 cm³/mol. The molecule has 0 unspecified atom stereocenters. The van der Waals surface area contributed by atoms with Gasteiger partial charge in [0, 0.05) is 4.88 Å². The van der Waals surface area contributed by atoms with Gasteiger partial charge in [0.1, 0.15) is 10.8 Å². The van der Waals surface area contributed by atoms with Crippen LogP contribution in [-0.4, -0.2) is 31.1 Å². The van der Waals surface area contributed by atoms with Crippen LogP contribution in [0.3, 0.4) is 0 Å². The predicted octanol–water partition coefficient (Wildman–Crippen LogP) is 3.41. The summed E-state index contributed by atoms with van der Waals surface area (Å²) in [4.78, 5) is 36.9. The second kappa shape index (κ2) is 9.27. The number of carbonyl (C=O) groups excluding carboxylic acids is 3. The first-order valence-corrected chi connectivity index (χ1v) is 9.10. The number of hydrogen-bond acceptors (Lipinski definition) is 6. The highest BCUT2D eigenvalue weighted by Crippen LogP contribution is 2.33. The Balaban J connectivity index is 1.95. The average Bonchev–Trinajstić information content (AvgIpc) is 2.87. The molecule has 1 N–H and O–H groups in total. The number of thiophene rings is 1. The van der Waals surface area contributed by atoms with E-state index in [2.05, 4.69) is 5.32 Å². The Bertz CT molecular complexity index is 862. The Morgan fingerprint density at radius 3 is 2.59 bits per heavy atom. The number of rotatable bonds is 7. The first-order valence-electron chi connectivity index (χ1n) is 8.28. The van der Waals surface area contributed by atoms with Crippen LogP contribution in [0.1, 0.15) is 33.3 Å². The molecule has 0 aliphatic carbocycles. The quantitative estimate of drug-likeness (QED) is 0.729. The summed E-state index contributed by atoms with van der Waals surface area (Å²) in [6.45, 7) is 5.01. The molecule has 2 rings (SSSR count). The summed E-state index contributed by atoms with van der Waals surface area (Å²) in [5.41, 5.74) is 1.49. The molecule has 0 fully saturated rings. The average molecular weight is 393 g/mol. The fourth-order valence-corrected chi connectivity index (χ4v) is 3.40. The van der Waals surface area contributed by atoms with Gasteiger partial charge < -0.3 is 14.8 Å². The highest BCUT2D eigenvalue weighted by atomic mass is 32.1. The fourth-order valence-electron chi connectivity index (χ4n) is 2.34. The van der Waals surface area contributed by atoms with Gasteiger partial charge in [-0.1, -0.05) is 12.1 Å². The lowest BCUT2D eigenvalue weighted by Gasteiger charge is -2.08. The van der Waals surface area contributed by atoms with Gasteiger partial charge in [-0.3, -0.25) is 9.59 Å². The number of ether oxygens (including phenoxy) is 2. The lowest BCUT2D eigenvalue weighted by atomic mass is 10.1. The summed E-state index contributed by atoms with van der Waals surface area (Å²) in [5.74, 6) is -2.19. The molecule has 1 heterocycles. The third-order valence-electron chi connectivity index (χ3n) is 3.72. The molecule has 1 aromatic carbocycles. The van der Waals surface area contributed by atoms with Crippen LogP contribution in [-0.2, 0) is 25.5 Å². The number of carbonyl (C=O) groups is 3. The van der Waals surface area contributed by atoms with Crippen molar-refractivity contribution in [3.8, 4) is 0 Å². The number of nitrogens with one attached hydrogen (secondary N) is 1. The number of aryl methyl sites for hydroxylation is 1. The smallest absolute Gasteiger partial charge is 0.341 e. The summed E-state index contributed by atoms with van der Waals surface area (Å²) < 4.78 is 23.1. The summed E-state index contributed by atoms with van der Waals surface area (Å²) in [6, 6.07) is 5.58. The van der Waals surface area contributed by atoms with Crippen molar-refractivity contribution >= 4 is 34.2 Å². The van der Waals surface area contributed by atoms with Crippen molar-refractivity contribution in [3.63, 3.8) is 0 Å². The van der Waals surface area contributed by atoms with Crippen LogP contribution in [0, 0.1) is 19.7 Å². The molecule has 1 amide bonds. The van der Waals surface area contributed by atoms with Gasteiger partial charge in [0.2, 0.25) is 0 Å². The van der Waals surface area contributed by atoms with Gasteiger partial charge in [-0.2, -0.15) is 0 Å². The lowest BCUT2D eigenvalue weighted by Crippen LogP contribution is -2.22. The standard InChI is InChI=1S/C19H20FNO5S/c1-4-25-19(24)17-11(2)12(3)27-18(17)21-15(22)10-26-16(23)9-13-6-5-7-14(20)8-13/h5-8H,4,9-10H2,1-3H3,(H,21,22). The van der Waals surface area contributed by atoms with E-state index in [-0.39, 0.29) is 13.0 Å². The molecule has 0 saturated carbocycles. The number of anilines is 1. The van der Waals surface area contributed by atoms with Crippen molar-refractivity contribution in [1.29, 1.82) is 0 Å². The molecule has 1 aromatic heterocycles. The van der Waals surface area contributed by atoms with Crippen LogP contribution in [0.4, 0.5) is 9.39 Å². The van der Waals surface area contributed by atoms with E-state index in [1.807, 2.05) is 6.92 Å². The Morgan fingerprint density at radius 1 is 1.19 bits per heavy atom. The first kappa shape index (κ1) is 20.6. The van der Waals surface area contributed by atoms with E-state index in [1.54, 1.807) is 19.9 Å². The molecule has 0 aliphatic rings. The van der Waals surface area contributed by atoms with E-state index in [4.69, 9.17) is 9.47 Å². The minimum Gasteiger partial charge on any atom is -0.462 e. The summed E-state index contributed by atoms with van der Waals surface area (Å²) >= 11 is 1.25. The molecule has 0 atom stereocenters. The Hall–Kier alpha value is -2.74. The number of hydrogen-bond donors (Lipinski definition) is 1. The van der Waals surface area contributed by atoms with E-state index in [1.165, 1.54) is 29.5 Å². The zero-order chi connectivity index (χ0) is 20.0. The number of esters is 2. The molecule has 144 valence electrons. The molecule has 0 aliphatic heterocycles. The highest BCUT2D eigenvalue weighted by molar-refractivity contribution is 7.16. The zero-order valence-corrected chi connectivity index (χ0v) is 16.1. The maximum absolute atomic E-state index is 13.1. The van der Waals surface area contributed by atoms with Gasteiger partial charge in [-0.15, -0.1) is 11.3 Å². The third-order valence-corrected chi connectivity index (χ3v) is 4.84. The maximum Gasteiger partial charge on any atom is 0.341 e. The SMILES string of the molecule is CCOC(=O)c1c(NC(=O)COC(=O)Cc2cccc(F)c2)sc(C)c1C. The summed E-state index contributed by atoms with van der Waals surface area (Å²) in [6.07, 6.45) is -0.143. The van der Waals surface area contributed by atoms with Crippen molar-refractivity contribution in [2.75, 3.05) is 18.5 Å². The minimum atomic E-state index is -0.653. The molecule has 0 radical (unpaired) electrons. The van der Waals surface area contributed by atoms with Crippen LogP contribution < -0.4 is 5.32 Å². The Morgan fingerprint density at radius 2 is 1.93 bits per heavy atom. The van der Waals surface area contributed by atoms with Gasteiger partial charge in [-0.25, -0.2) is 9.18 Å². The molecule has 0 bridgehead atoms. The lowest BCUT2D eigenvalue weighted by molar-refractivity contribution is -0.146. The molecule has 27 heavy (non-hydrogen) atoms. The van der Waals surface area contributed by atoms with Crippen molar-refractivity contribution in [3.05, 3.63) is 51.7 Å². The Labute approximate surface area is 160 Å². The van der Waals surface area contributed by atoms with Gasteiger partial charge in [0.25, 0.3) is 5.91 Å². The van der Waals surface area contributed by atoms with E-state index < -0.39 is 30.3 Å². The second-order valence-electron chi connectivity index (χ2n) is 5.72. The van der Waals surface area contributed by atoms with Gasteiger partial charge in [0.05, 0.1) is 18.6 Å². The Kier molecular flexibility index (Phi) is 7.06. The van der Waals surface area contributed by atoms with Gasteiger partial charge >= 0.3 is 11.9 Å². The van der Waals surface area contributed by atoms with E-state index >= 15 is 0 Å². The molecule has 2 aromatic rings. The zero-order valence-electron chi connectivity index (χ0n) is 15.3. The van der Waals surface area contributed by atoms with E-state index in [0.717, 1.165) is 10.4 Å². The number of benzene rings is 1. The summed E-state index contributed by atoms with van der Waals surface area (Å²) in [7, 11) is 0. The fraction of sp³-hybridized carbons (Fsp3) is 0.316. The molecule has 0 saturated heterocycles. The van der Waals surface area contributed by atoms with Crippen LogP contribution in [0.5, 0.6) is 0 Å². The van der Waals surface area contributed by atoms with E-state index in [0.29, 0.717) is 16.1 Å². The van der Waals surface area contributed by atoms with Gasteiger partial charge in [-0.05, 0) is 44.0 Å². The largest absolute Gasteiger partial charge is 0.462 e. The van der Waals surface area contributed by atoms with Crippen LogP contribution >= 0.6 is 11.3 Å². The molecule has 8 heteroatoms. The normalized spacial score (nSPS) is 10.4. The van der Waals surface area contributed by atoms with Crippen molar-refractivity contribution in [2.24, 2.45) is 0 Å². The van der Waals surface area contributed by atoms with Crippen molar-refractivity contribution in [2.45, 2.75) is 27.2 Å². The first-order chi connectivity index (χ1) is 12.8. The molecular weight excluding hydrogens is 373 g/mol. The minimum absolute atomic E-state index is 0.143. The van der Waals surface area contributed by atoms with Gasteiger partial charge in [0.15, 0.2) is 6.61 Å². The number of halogens is 1. The van der Waals surface area contributed by atoms with Crippen LogP contribution in [0.15, 0.2) is 24.3 Å². The van der Waals surface area contributed by atoms with Crippen LogP contribution in [0.25, 0.3) is 0 Å². The maximum atomic E-state index is 13.1. The van der Waals surface area contributed by atoms with Crippen molar-refractivity contribution < 1.29 is 28.2 Å². The molecular formula is C19H20FNO5S. The molecule has 0 spiro atoms. The second-order valence-corrected chi connectivity index (χ2v) is 6.95. The highest BCUT2D eigenvalue weighted by Gasteiger charge is 2.22. The van der Waals surface area contributed by atoms with E-state index in [9.17, 15) is 18.8 Å². The number of amides is 1. The third kappa shape index (κ3) is 5.62. The topological polar surface area (TPSA) is 81.7 Å². The van der Waals surface area contributed by atoms with Crippen LogP contribution in [0.2, 0.25) is 0 Å². The molecule has 6 nitrogen and oxygen atoms in total. The summed E-state index contributed by atoms with van der Waals surface area (Å²) in [5, 5.41) is 2.94. The monoisotopic (exact) mass is 393 g/mol. The van der Waals surface area contributed by atoms with Crippen molar-refractivity contribution in [1.82, 2.24) is 0 Å².